The molecule has 2 aromatic rings. The number of rotatable bonds is 3. The number of methoxy groups -OCH3 is 1. The topological polar surface area (TPSA) is 60.2 Å². The molecule has 19 heavy (non-hydrogen) atoms. The molecule has 0 aliphatic carbocycles. The lowest BCUT2D eigenvalue weighted by molar-refractivity contribution is 0.141. The zero-order valence-corrected chi connectivity index (χ0v) is 10.9. The van der Waals surface area contributed by atoms with Crippen molar-refractivity contribution in [1.82, 2.24) is 14.8 Å². The van der Waals surface area contributed by atoms with Gasteiger partial charge in [0, 0.05) is 24.9 Å². The van der Waals surface area contributed by atoms with E-state index in [1.807, 2.05) is 24.3 Å². The Morgan fingerprint density at radius 2 is 2.21 bits per heavy atom. The normalized spacial score (nSPS) is 18.1. The van der Waals surface area contributed by atoms with E-state index in [0.29, 0.717) is 12.8 Å². The molecule has 0 saturated carbocycles. The molecule has 5 nitrogen and oxygen atoms in total. The van der Waals surface area contributed by atoms with Gasteiger partial charge in [0.2, 0.25) is 0 Å². The van der Waals surface area contributed by atoms with Gasteiger partial charge in [0.1, 0.15) is 17.4 Å². The number of benzene rings is 1. The van der Waals surface area contributed by atoms with Gasteiger partial charge in [0.25, 0.3) is 0 Å². The van der Waals surface area contributed by atoms with Crippen LogP contribution in [0.3, 0.4) is 0 Å². The Kier molecular flexibility index (Phi) is 3.21. The molecule has 1 aliphatic heterocycles. The number of para-hydroxylation sites is 1. The molecular formula is C14H17N3O2. The molecule has 0 radical (unpaired) electrons. The van der Waals surface area contributed by atoms with E-state index >= 15 is 0 Å². The van der Waals surface area contributed by atoms with Gasteiger partial charge < -0.3 is 14.4 Å². The molecule has 1 aromatic carbocycles. The summed E-state index contributed by atoms with van der Waals surface area (Å²) >= 11 is 0. The molecule has 1 aromatic heterocycles. The zero-order chi connectivity index (χ0) is 13.2. The lowest BCUT2D eigenvalue weighted by Gasteiger charge is -2.19. The van der Waals surface area contributed by atoms with Crippen molar-refractivity contribution in [1.29, 1.82) is 0 Å². The maximum absolute atomic E-state index is 9.64. The van der Waals surface area contributed by atoms with Crippen LogP contribution >= 0.6 is 0 Å². The average molecular weight is 259 g/mol. The maximum atomic E-state index is 9.64. The number of nitrogens with zero attached hydrogens (tertiary/aromatic N) is 3. The van der Waals surface area contributed by atoms with Crippen LogP contribution in [-0.2, 0) is 19.4 Å². The van der Waals surface area contributed by atoms with E-state index < -0.39 is 0 Å². The molecule has 2 heterocycles. The predicted molar refractivity (Wildman–Crippen MR) is 70.1 cm³/mol. The SMILES string of the molecule is COc1ccccc1Cc1nnc2n1CCC(O)C2. The monoisotopic (exact) mass is 259 g/mol. The number of ether oxygens (including phenoxy) is 1. The smallest absolute Gasteiger partial charge is 0.137 e. The quantitative estimate of drug-likeness (QED) is 0.899. The predicted octanol–water partition coefficient (Wildman–Crippen LogP) is 1.18. The molecule has 100 valence electrons. The number of fused-ring (bicyclic) bond motifs is 1. The summed E-state index contributed by atoms with van der Waals surface area (Å²) in [5.41, 5.74) is 1.10. The van der Waals surface area contributed by atoms with E-state index in [-0.39, 0.29) is 6.10 Å². The Morgan fingerprint density at radius 3 is 3.05 bits per heavy atom. The Balaban J connectivity index is 1.88. The summed E-state index contributed by atoms with van der Waals surface area (Å²) in [7, 11) is 1.68. The lowest BCUT2D eigenvalue weighted by Crippen LogP contribution is -2.24. The highest BCUT2D eigenvalue weighted by molar-refractivity contribution is 5.35. The van der Waals surface area contributed by atoms with Crippen LogP contribution in [0, 0.1) is 0 Å². The Hall–Kier alpha value is -1.88. The number of hydrogen-bond donors (Lipinski definition) is 1. The lowest BCUT2D eigenvalue weighted by atomic mass is 10.1. The van der Waals surface area contributed by atoms with Crippen molar-refractivity contribution in [3.8, 4) is 5.75 Å². The molecule has 3 rings (SSSR count). The van der Waals surface area contributed by atoms with Crippen LogP contribution < -0.4 is 4.74 Å². The zero-order valence-electron chi connectivity index (χ0n) is 10.9. The van der Waals surface area contributed by atoms with Crippen molar-refractivity contribution in [2.24, 2.45) is 0 Å². The first-order valence-electron chi connectivity index (χ1n) is 6.49. The van der Waals surface area contributed by atoms with Gasteiger partial charge in [-0.25, -0.2) is 0 Å². The summed E-state index contributed by atoms with van der Waals surface area (Å²) in [5.74, 6) is 2.69. The molecule has 0 fully saturated rings. The standard InChI is InChI=1S/C14H17N3O2/c1-19-12-5-3-2-4-10(12)8-13-15-16-14-9-11(18)6-7-17(13)14/h2-5,11,18H,6-9H2,1H3. The van der Waals surface area contributed by atoms with E-state index in [1.54, 1.807) is 7.11 Å². The van der Waals surface area contributed by atoms with Crippen molar-refractivity contribution in [3.05, 3.63) is 41.5 Å². The van der Waals surface area contributed by atoms with Gasteiger partial charge in [0.05, 0.1) is 13.2 Å². The minimum Gasteiger partial charge on any atom is -0.496 e. The summed E-state index contributed by atoms with van der Waals surface area (Å²) in [5, 5.41) is 18.1. The van der Waals surface area contributed by atoms with Crippen molar-refractivity contribution in [3.63, 3.8) is 0 Å². The first-order chi connectivity index (χ1) is 9.28. The average Bonchev–Trinajstić information content (AvgIpc) is 2.82. The van der Waals surface area contributed by atoms with Gasteiger partial charge in [-0.2, -0.15) is 0 Å². The van der Waals surface area contributed by atoms with Crippen molar-refractivity contribution < 1.29 is 9.84 Å². The third kappa shape index (κ3) is 2.33. The highest BCUT2D eigenvalue weighted by Crippen LogP contribution is 2.22. The summed E-state index contributed by atoms with van der Waals surface area (Å²) in [6, 6.07) is 7.94. The van der Waals surface area contributed by atoms with Crippen molar-refractivity contribution in [2.45, 2.75) is 31.9 Å². The summed E-state index contributed by atoms with van der Waals surface area (Å²) in [6.07, 6.45) is 1.78. The fourth-order valence-electron chi connectivity index (χ4n) is 2.52. The van der Waals surface area contributed by atoms with E-state index in [0.717, 1.165) is 35.9 Å². The molecule has 1 atom stereocenters. The molecular weight excluding hydrogens is 242 g/mol. The van der Waals surface area contributed by atoms with Crippen LogP contribution in [-0.4, -0.2) is 33.1 Å². The fraction of sp³-hybridized carbons (Fsp3) is 0.429. The molecule has 1 N–H and O–H groups in total. The molecule has 1 unspecified atom stereocenters. The van der Waals surface area contributed by atoms with Gasteiger partial charge in [-0.05, 0) is 12.5 Å². The third-order valence-electron chi connectivity index (χ3n) is 3.55. The minimum absolute atomic E-state index is 0.282. The molecule has 0 bridgehead atoms. The second kappa shape index (κ2) is 5.01. The van der Waals surface area contributed by atoms with Crippen LogP contribution in [0.1, 0.15) is 23.6 Å². The number of aromatic nitrogens is 3. The van der Waals surface area contributed by atoms with E-state index in [2.05, 4.69) is 14.8 Å². The van der Waals surface area contributed by atoms with Crippen molar-refractivity contribution >= 4 is 0 Å². The van der Waals surface area contributed by atoms with E-state index in [4.69, 9.17) is 4.74 Å². The number of aliphatic hydroxyl groups excluding tert-OH is 1. The molecule has 0 amide bonds. The van der Waals surface area contributed by atoms with Crippen LogP contribution in [0.15, 0.2) is 24.3 Å². The van der Waals surface area contributed by atoms with Gasteiger partial charge in [-0.1, -0.05) is 18.2 Å². The number of hydrogen-bond acceptors (Lipinski definition) is 4. The fourth-order valence-corrected chi connectivity index (χ4v) is 2.52. The van der Waals surface area contributed by atoms with Crippen LogP contribution in [0.4, 0.5) is 0 Å². The molecule has 0 spiro atoms. The maximum Gasteiger partial charge on any atom is 0.137 e. The van der Waals surface area contributed by atoms with E-state index in [9.17, 15) is 5.11 Å². The van der Waals surface area contributed by atoms with Crippen molar-refractivity contribution in [2.75, 3.05) is 7.11 Å². The Morgan fingerprint density at radius 1 is 1.37 bits per heavy atom. The van der Waals surface area contributed by atoms with Gasteiger partial charge >= 0.3 is 0 Å². The second-order valence-electron chi connectivity index (χ2n) is 4.82. The summed E-state index contributed by atoms with van der Waals surface area (Å²) in [4.78, 5) is 0. The summed E-state index contributed by atoms with van der Waals surface area (Å²) < 4.78 is 7.47. The highest BCUT2D eigenvalue weighted by Gasteiger charge is 2.21. The van der Waals surface area contributed by atoms with Gasteiger partial charge in [0.15, 0.2) is 0 Å². The first kappa shape index (κ1) is 12.2. The Bertz CT molecular complexity index is 580. The Labute approximate surface area is 111 Å². The van der Waals surface area contributed by atoms with Gasteiger partial charge in [-0.15, -0.1) is 10.2 Å². The minimum atomic E-state index is -0.282. The van der Waals surface area contributed by atoms with Gasteiger partial charge in [-0.3, -0.25) is 0 Å². The largest absolute Gasteiger partial charge is 0.496 e. The van der Waals surface area contributed by atoms with Crippen LogP contribution in [0.5, 0.6) is 5.75 Å². The molecule has 0 saturated heterocycles. The molecule has 1 aliphatic rings. The third-order valence-corrected chi connectivity index (χ3v) is 3.55. The summed E-state index contributed by atoms with van der Waals surface area (Å²) in [6.45, 7) is 0.786. The highest BCUT2D eigenvalue weighted by atomic mass is 16.5. The van der Waals surface area contributed by atoms with E-state index in [1.165, 1.54) is 0 Å². The second-order valence-corrected chi connectivity index (χ2v) is 4.82. The first-order valence-corrected chi connectivity index (χ1v) is 6.49. The molecule has 5 heteroatoms. The van der Waals surface area contributed by atoms with Crippen LogP contribution in [0.25, 0.3) is 0 Å². The number of aliphatic hydroxyl groups is 1. The van der Waals surface area contributed by atoms with Crippen LogP contribution in [0.2, 0.25) is 0 Å².